The molecule has 0 N–H and O–H groups in total. The number of aromatic nitrogens is 2. The normalized spacial score (nSPS) is 9.38. The van der Waals surface area contributed by atoms with E-state index in [1.165, 1.54) is 0 Å². The highest BCUT2D eigenvalue weighted by molar-refractivity contribution is 5.39. The number of aryl methyl sites for hydroxylation is 2. The number of nitrogens with zero attached hydrogens (tertiary/aromatic N) is 3. The Labute approximate surface area is 78.8 Å². The van der Waals surface area contributed by atoms with Crippen LogP contribution in [0, 0.1) is 26.2 Å². The minimum absolute atomic E-state index is 0.565. The molecule has 1 aromatic heterocycles. The van der Waals surface area contributed by atoms with Gasteiger partial charge in [-0.05, 0) is 13.8 Å². The van der Waals surface area contributed by atoms with Gasteiger partial charge in [-0.15, -0.1) is 6.42 Å². The Hall–Kier alpha value is -1.56. The fourth-order valence-corrected chi connectivity index (χ4v) is 1.11. The summed E-state index contributed by atoms with van der Waals surface area (Å²) in [5.74, 6) is 4.22. The quantitative estimate of drug-likeness (QED) is 0.632. The number of hydrogen-bond donors (Lipinski definition) is 0. The molecule has 0 aromatic carbocycles. The lowest BCUT2D eigenvalue weighted by Crippen LogP contribution is -2.19. The molecule has 0 spiro atoms. The maximum Gasteiger partial charge on any atom is 0.133 e. The van der Waals surface area contributed by atoms with Crippen LogP contribution in [0.4, 0.5) is 5.82 Å². The molecular formula is C10H13N3. The van der Waals surface area contributed by atoms with E-state index in [4.69, 9.17) is 6.42 Å². The second-order valence-corrected chi connectivity index (χ2v) is 2.97. The van der Waals surface area contributed by atoms with Gasteiger partial charge in [0.1, 0.15) is 11.6 Å². The highest BCUT2D eigenvalue weighted by Gasteiger charge is 2.02. The van der Waals surface area contributed by atoms with Crippen LogP contribution in [0.1, 0.15) is 11.5 Å². The number of anilines is 1. The first kappa shape index (κ1) is 9.53. The van der Waals surface area contributed by atoms with Gasteiger partial charge in [-0.1, -0.05) is 5.92 Å². The second-order valence-electron chi connectivity index (χ2n) is 2.97. The zero-order valence-electron chi connectivity index (χ0n) is 8.20. The largest absolute Gasteiger partial charge is 0.348 e. The summed E-state index contributed by atoms with van der Waals surface area (Å²) in [4.78, 5) is 10.4. The molecule has 0 aliphatic carbocycles. The molecule has 0 aliphatic heterocycles. The van der Waals surface area contributed by atoms with Gasteiger partial charge < -0.3 is 4.90 Å². The maximum atomic E-state index is 5.21. The summed E-state index contributed by atoms with van der Waals surface area (Å²) < 4.78 is 0. The first-order valence-electron chi connectivity index (χ1n) is 4.10. The Morgan fingerprint density at radius 1 is 1.46 bits per heavy atom. The van der Waals surface area contributed by atoms with Crippen LogP contribution in [-0.2, 0) is 0 Å². The van der Waals surface area contributed by atoms with Crippen molar-refractivity contribution in [3.63, 3.8) is 0 Å². The molecule has 0 saturated carbocycles. The summed E-state index contributed by atoms with van der Waals surface area (Å²) in [6.45, 7) is 4.39. The van der Waals surface area contributed by atoms with Gasteiger partial charge in [-0.2, -0.15) is 0 Å². The standard InChI is InChI=1S/C10H13N3/c1-5-6-13(4)10-7-8(2)11-9(3)12-10/h1,7H,6H2,2-4H3. The number of hydrogen-bond acceptors (Lipinski definition) is 3. The average Bonchev–Trinajstić information content (AvgIpc) is 2.03. The van der Waals surface area contributed by atoms with Gasteiger partial charge in [0.05, 0.1) is 6.54 Å². The molecule has 0 amide bonds. The van der Waals surface area contributed by atoms with Crippen LogP contribution in [0.3, 0.4) is 0 Å². The minimum Gasteiger partial charge on any atom is -0.348 e. The van der Waals surface area contributed by atoms with Crippen molar-refractivity contribution in [1.82, 2.24) is 9.97 Å². The van der Waals surface area contributed by atoms with Crippen LogP contribution in [0.25, 0.3) is 0 Å². The van der Waals surface area contributed by atoms with Crippen molar-refractivity contribution in [2.75, 3.05) is 18.5 Å². The van der Waals surface area contributed by atoms with E-state index in [2.05, 4.69) is 15.9 Å². The SMILES string of the molecule is C#CCN(C)c1cc(C)nc(C)n1. The fraction of sp³-hybridized carbons (Fsp3) is 0.400. The van der Waals surface area contributed by atoms with Gasteiger partial charge in [0.25, 0.3) is 0 Å². The summed E-state index contributed by atoms with van der Waals surface area (Å²) in [5, 5.41) is 0. The molecule has 0 saturated heterocycles. The predicted molar refractivity (Wildman–Crippen MR) is 53.6 cm³/mol. The molecule has 68 valence electrons. The molecule has 1 rings (SSSR count). The monoisotopic (exact) mass is 175 g/mol. The summed E-state index contributed by atoms with van der Waals surface area (Å²) in [6, 6.07) is 1.92. The maximum absolute atomic E-state index is 5.21. The highest BCUT2D eigenvalue weighted by Crippen LogP contribution is 2.09. The van der Waals surface area contributed by atoms with Crippen molar-refractivity contribution in [1.29, 1.82) is 0 Å². The van der Waals surface area contributed by atoms with E-state index in [1.54, 1.807) is 0 Å². The van der Waals surface area contributed by atoms with Crippen LogP contribution in [0.5, 0.6) is 0 Å². The van der Waals surface area contributed by atoms with Crippen molar-refractivity contribution in [3.05, 3.63) is 17.6 Å². The van der Waals surface area contributed by atoms with Crippen molar-refractivity contribution in [2.45, 2.75) is 13.8 Å². The Kier molecular flexibility index (Phi) is 2.86. The van der Waals surface area contributed by atoms with Gasteiger partial charge >= 0.3 is 0 Å². The van der Waals surface area contributed by atoms with Crippen molar-refractivity contribution in [2.24, 2.45) is 0 Å². The van der Waals surface area contributed by atoms with E-state index in [-0.39, 0.29) is 0 Å². The first-order chi connectivity index (χ1) is 6.13. The molecule has 3 heteroatoms. The van der Waals surface area contributed by atoms with Crippen LogP contribution < -0.4 is 4.90 Å². The molecule has 3 nitrogen and oxygen atoms in total. The first-order valence-corrected chi connectivity index (χ1v) is 4.10. The van der Waals surface area contributed by atoms with Crippen LogP contribution in [-0.4, -0.2) is 23.6 Å². The van der Waals surface area contributed by atoms with Crippen LogP contribution >= 0.6 is 0 Å². The lowest BCUT2D eigenvalue weighted by atomic mass is 10.4. The summed E-state index contributed by atoms with van der Waals surface area (Å²) >= 11 is 0. The van der Waals surface area contributed by atoms with E-state index < -0.39 is 0 Å². The summed E-state index contributed by atoms with van der Waals surface area (Å²) in [7, 11) is 1.92. The Balaban J connectivity index is 2.95. The predicted octanol–water partition coefficient (Wildman–Crippen LogP) is 1.16. The topological polar surface area (TPSA) is 29.0 Å². The van der Waals surface area contributed by atoms with Crippen molar-refractivity contribution < 1.29 is 0 Å². The zero-order chi connectivity index (χ0) is 9.84. The Bertz CT molecular complexity index is 318. The second kappa shape index (κ2) is 3.90. The smallest absolute Gasteiger partial charge is 0.133 e. The molecule has 1 aromatic rings. The minimum atomic E-state index is 0.565. The summed E-state index contributed by atoms with van der Waals surface area (Å²) in [6.07, 6.45) is 5.21. The molecule has 0 atom stereocenters. The van der Waals surface area contributed by atoms with Crippen molar-refractivity contribution in [3.8, 4) is 12.3 Å². The van der Waals surface area contributed by atoms with Crippen LogP contribution in [0.15, 0.2) is 6.07 Å². The van der Waals surface area contributed by atoms with Gasteiger partial charge in [0, 0.05) is 18.8 Å². The molecule has 0 radical (unpaired) electrons. The van der Waals surface area contributed by atoms with Gasteiger partial charge in [0.15, 0.2) is 0 Å². The zero-order valence-corrected chi connectivity index (χ0v) is 8.20. The molecule has 13 heavy (non-hydrogen) atoms. The Morgan fingerprint density at radius 2 is 2.15 bits per heavy atom. The third-order valence-corrected chi connectivity index (χ3v) is 1.67. The van der Waals surface area contributed by atoms with E-state index in [1.807, 2.05) is 31.9 Å². The van der Waals surface area contributed by atoms with Crippen molar-refractivity contribution >= 4 is 5.82 Å². The molecule has 0 unspecified atom stereocenters. The van der Waals surface area contributed by atoms with E-state index in [9.17, 15) is 0 Å². The summed E-state index contributed by atoms with van der Waals surface area (Å²) in [5.41, 5.74) is 0.964. The van der Waals surface area contributed by atoms with E-state index >= 15 is 0 Å². The van der Waals surface area contributed by atoms with Gasteiger partial charge in [0.2, 0.25) is 0 Å². The lowest BCUT2D eigenvalue weighted by Gasteiger charge is -2.15. The van der Waals surface area contributed by atoms with Gasteiger partial charge in [-0.25, -0.2) is 9.97 Å². The fourth-order valence-electron chi connectivity index (χ4n) is 1.11. The van der Waals surface area contributed by atoms with E-state index in [0.717, 1.165) is 17.3 Å². The van der Waals surface area contributed by atoms with Gasteiger partial charge in [-0.3, -0.25) is 0 Å². The average molecular weight is 175 g/mol. The third-order valence-electron chi connectivity index (χ3n) is 1.67. The molecular weight excluding hydrogens is 162 g/mol. The molecule has 0 fully saturated rings. The third kappa shape index (κ3) is 2.45. The van der Waals surface area contributed by atoms with Crippen LogP contribution in [0.2, 0.25) is 0 Å². The molecule has 0 aliphatic rings. The van der Waals surface area contributed by atoms with E-state index in [0.29, 0.717) is 6.54 Å². The Morgan fingerprint density at radius 3 is 2.69 bits per heavy atom. The highest BCUT2D eigenvalue weighted by atomic mass is 15.2. The molecule has 1 heterocycles. The lowest BCUT2D eigenvalue weighted by molar-refractivity contribution is 0.939. The number of terminal acetylenes is 1. The molecule has 0 bridgehead atoms. The number of rotatable bonds is 2.